The zero-order valence-corrected chi connectivity index (χ0v) is 14.8. The Morgan fingerprint density at radius 3 is 2.71 bits per heavy atom. The van der Waals surface area contributed by atoms with Crippen molar-refractivity contribution in [3.05, 3.63) is 47.3 Å². The minimum Gasteiger partial charge on any atom is -0.354 e. The number of carbonyl (C=O) groups is 1. The first-order valence-electron chi connectivity index (χ1n) is 8.06. The van der Waals surface area contributed by atoms with E-state index in [4.69, 9.17) is 0 Å². The molecule has 0 saturated heterocycles. The highest BCUT2D eigenvalue weighted by Crippen LogP contribution is 2.16. The largest absolute Gasteiger partial charge is 0.354 e. The molecule has 0 unspecified atom stereocenters. The molecule has 2 rings (SSSR count). The number of carbonyl (C=O) groups excluding carboxylic acids is 1. The van der Waals surface area contributed by atoms with Crippen LogP contribution in [0.5, 0.6) is 0 Å². The van der Waals surface area contributed by atoms with Crippen molar-refractivity contribution in [2.75, 3.05) is 37.8 Å². The lowest BCUT2D eigenvalue weighted by molar-refractivity contribution is 0.102. The van der Waals surface area contributed by atoms with Crippen molar-refractivity contribution in [1.29, 1.82) is 0 Å². The zero-order chi connectivity index (χ0) is 17.5. The van der Waals surface area contributed by atoms with Crippen molar-refractivity contribution in [2.45, 2.75) is 20.3 Å². The smallest absolute Gasteiger partial charge is 0.274 e. The lowest BCUT2D eigenvalue weighted by atomic mass is 10.1. The summed E-state index contributed by atoms with van der Waals surface area (Å²) < 4.78 is 0. The summed E-state index contributed by atoms with van der Waals surface area (Å²) in [6, 6.07) is 7.53. The van der Waals surface area contributed by atoms with E-state index in [-0.39, 0.29) is 5.91 Å². The second-order valence-corrected chi connectivity index (χ2v) is 6.12. The molecule has 1 aromatic heterocycles. The Morgan fingerprint density at radius 1 is 1.21 bits per heavy atom. The summed E-state index contributed by atoms with van der Waals surface area (Å²) in [7, 11) is 4.07. The molecule has 0 bridgehead atoms. The summed E-state index contributed by atoms with van der Waals surface area (Å²) >= 11 is 0. The molecule has 0 spiro atoms. The second-order valence-electron chi connectivity index (χ2n) is 6.12. The maximum Gasteiger partial charge on any atom is 0.274 e. The van der Waals surface area contributed by atoms with Gasteiger partial charge in [-0.25, -0.2) is 9.97 Å². The van der Waals surface area contributed by atoms with Gasteiger partial charge in [0.25, 0.3) is 5.91 Å². The Kier molecular flexibility index (Phi) is 6.26. The second kappa shape index (κ2) is 8.40. The quantitative estimate of drug-likeness (QED) is 0.765. The molecular formula is C18H25N5O. The molecule has 0 aliphatic rings. The molecule has 1 amide bonds. The standard InChI is InChI=1S/C18H25N5O/c1-13-6-7-15(14(2)12-13)21-17(24)16-8-10-20-18(22-16)19-9-5-11-23(3)4/h6-8,10,12H,5,9,11H2,1-4H3,(H,21,24)(H,19,20,22). The predicted octanol–water partition coefficient (Wildman–Crippen LogP) is 2.71. The molecule has 1 aromatic carbocycles. The molecule has 6 nitrogen and oxygen atoms in total. The number of hydrogen-bond donors (Lipinski definition) is 2. The number of amides is 1. The van der Waals surface area contributed by atoms with Gasteiger partial charge in [0.15, 0.2) is 0 Å². The molecule has 0 aliphatic carbocycles. The first kappa shape index (κ1) is 17.9. The molecule has 6 heteroatoms. The normalized spacial score (nSPS) is 10.7. The number of hydrogen-bond acceptors (Lipinski definition) is 5. The monoisotopic (exact) mass is 327 g/mol. The number of aryl methyl sites for hydroxylation is 2. The van der Waals surface area contributed by atoms with E-state index in [1.165, 1.54) is 0 Å². The third kappa shape index (κ3) is 5.31. The highest BCUT2D eigenvalue weighted by atomic mass is 16.1. The minimum atomic E-state index is -0.235. The van der Waals surface area contributed by atoms with Crippen molar-refractivity contribution in [2.24, 2.45) is 0 Å². The van der Waals surface area contributed by atoms with Crippen molar-refractivity contribution in [3.63, 3.8) is 0 Å². The lowest BCUT2D eigenvalue weighted by Crippen LogP contribution is -2.18. The Hall–Kier alpha value is -2.47. The van der Waals surface area contributed by atoms with Gasteiger partial charge in [-0.1, -0.05) is 17.7 Å². The number of anilines is 2. The minimum absolute atomic E-state index is 0.235. The zero-order valence-electron chi connectivity index (χ0n) is 14.8. The fraction of sp³-hybridized carbons (Fsp3) is 0.389. The van der Waals surface area contributed by atoms with Crippen LogP contribution in [-0.2, 0) is 0 Å². The molecule has 0 aliphatic heterocycles. The van der Waals surface area contributed by atoms with Crippen LogP contribution >= 0.6 is 0 Å². The van der Waals surface area contributed by atoms with E-state index < -0.39 is 0 Å². The van der Waals surface area contributed by atoms with Crippen LogP contribution in [0.4, 0.5) is 11.6 Å². The first-order valence-corrected chi connectivity index (χ1v) is 8.06. The van der Waals surface area contributed by atoms with Crippen LogP contribution in [0.2, 0.25) is 0 Å². The van der Waals surface area contributed by atoms with E-state index in [1.807, 2.05) is 46.1 Å². The molecule has 0 radical (unpaired) electrons. The van der Waals surface area contributed by atoms with E-state index in [9.17, 15) is 4.79 Å². The summed E-state index contributed by atoms with van der Waals surface area (Å²) in [4.78, 5) is 23.0. The number of benzene rings is 1. The molecule has 1 heterocycles. The number of aromatic nitrogens is 2. The summed E-state index contributed by atoms with van der Waals surface area (Å²) in [5.41, 5.74) is 3.33. The highest BCUT2D eigenvalue weighted by Gasteiger charge is 2.10. The van der Waals surface area contributed by atoms with Crippen LogP contribution in [0.3, 0.4) is 0 Å². The maximum absolute atomic E-state index is 12.4. The Labute approximate surface area is 143 Å². The summed E-state index contributed by atoms with van der Waals surface area (Å²) in [5.74, 6) is 0.239. The molecule has 2 aromatic rings. The predicted molar refractivity (Wildman–Crippen MR) is 97.6 cm³/mol. The molecule has 24 heavy (non-hydrogen) atoms. The number of nitrogens with one attached hydrogen (secondary N) is 2. The van der Waals surface area contributed by atoms with Gasteiger partial charge in [-0.2, -0.15) is 0 Å². The van der Waals surface area contributed by atoms with E-state index in [2.05, 4.69) is 25.5 Å². The molecular weight excluding hydrogens is 302 g/mol. The van der Waals surface area contributed by atoms with Gasteiger partial charge in [0.1, 0.15) is 5.69 Å². The van der Waals surface area contributed by atoms with Crippen molar-refractivity contribution in [1.82, 2.24) is 14.9 Å². The Balaban J connectivity index is 1.98. The van der Waals surface area contributed by atoms with E-state index >= 15 is 0 Å². The Bertz CT molecular complexity index is 700. The van der Waals surface area contributed by atoms with E-state index in [1.54, 1.807) is 12.3 Å². The molecule has 0 fully saturated rings. The van der Waals surface area contributed by atoms with Crippen LogP contribution in [0.25, 0.3) is 0 Å². The van der Waals surface area contributed by atoms with Gasteiger partial charge >= 0.3 is 0 Å². The summed E-state index contributed by atoms with van der Waals surface area (Å²) in [6.45, 7) is 5.75. The molecule has 2 N–H and O–H groups in total. The third-order valence-electron chi connectivity index (χ3n) is 3.58. The molecule has 0 atom stereocenters. The van der Waals surface area contributed by atoms with E-state index in [0.717, 1.165) is 36.3 Å². The number of nitrogens with zero attached hydrogens (tertiary/aromatic N) is 3. The van der Waals surface area contributed by atoms with Crippen molar-refractivity contribution >= 4 is 17.5 Å². The first-order chi connectivity index (χ1) is 11.5. The van der Waals surface area contributed by atoms with Gasteiger partial charge in [-0.3, -0.25) is 4.79 Å². The van der Waals surface area contributed by atoms with Crippen LogP contribution in [0.15, 0.2) is 30.5 Å². The fourth-order valence-electron chi connectivity index (χ4n) is 2.31. The lowest BCUT2D eigenvalue weighted by Gasteiger charge is -2.11. The highest BCUT2D eigenvalue weighted by molar-refractivity contribution is 6.03. The van der Waals surface area contributed by atoms with Crippen molar-refractivity contribution < 1.29 is 4.79 Å². The fourth-order valence-corrected chi connectivity index (χ4v) is 2.31. The Morgan fingerprint density at radius 2 is 2.00 bits per heavy atom. The van der Waals surface area contributed by atoms with Gasteiger partial charge < -0.3 is 15.5 Å². The average Bonchev–Trinajstić information content (AvgIpc) is 2.54. The summed E-state index contributed by atoms with van der Waals surface area (Å²) in [6.07, 6.45) is 2.58. The van der Waals surface area contributed by atoms with Gasteiger partial charge in [0.05, 0.1) is 0 Å². The molecule has 0 saturated carbocycles. The van der Waals surface area contributed by atoms with Crippen LogP contribution in [0.1, 0.15) is 28.0 Å². The molecule has 128 valence electrons. The maximum atomic E-state index is 12.4. The van der Waals surface area contributed by atoms with Crippen LogP contribution in [0, 0.1) is 13.8 Å². The van der Waals surface area contributed by atoms with Gasteiger partial charge in [0, 0.05) is 18.4 Å². The van der Waals surface area contributed by atoms with Crippen LogP contribution < -0.4 is 10.6 Å². The van der Waals surface area contributed by atoms with E-state index in [0.29, 0.717) is 11.6 Å². The number of rotatable bonds is 7. The average molecular weight is 327 g/mol. The van der Waals surface area contributed by atoms with Crippen LogP contribution in [-0.4, -0.2) is 48.0 Å². The summed E-state index contributed by atoms with van der Waals surface area (Å²) in [5, 5.41) is 6.05. The topological polar surface area (TPSA) is 70.2 Å². The van der Waals surface area contributed by atoms with Crippen molar-refractivity contribution in [3.8, 4) is 0 Å². The van der Waals surface area contributed by atoms with Gasteiger partial charge in [-0.15, -0.1) is 0 Å². The van der Waals surface area contributed by atoms with Gasteiger partial charge in [0.2, 0.25) is 5.95 Å². The third-order valence-corrected chi connectivity index (χ3v) is 3.58. The SMILES string of the molecule is Cc1ccc(NC(=O)c2ccnc(NCCCN(C)C)n2)c(C)c1. The van der Waals surface area contributed by atoms with Gasteiger partial charge in [-0.05, 0) is 58.6 Å².